The van der Waals surface area contributed by atoms with E-state index in [9.17, 15) is 14.4 Å². The number of benzene rings is 2. The predicted molar refractivity (Wildman–Crippen MR) is 113 cm³/mol. The van der Waals surface area contributed by atoms with Crippen molar-refractivity contribution >= 4 is 46.7 Å². The highest BCUT2D eigenvalue weighted by Gasteiger charge is 2.21. The van der Waals surface area contributed by atoms with Gasteiger partial charge in [-0.05, 0) is 56.7 Å². The number of amides is 1. The van der Waals surface area contributed by atoms with Gasteiger partial charge in [0.05, 0.1) is 11.5 Å². The Hall–Kier alpha value is -2.31. The number of nitrogens with one attached hydrogen (secondary N) is 1. The van der Waals surface area contributed by atoms with Crippen LogP contribution in [-0.4, -0.2) is 35.3 Å². The van der Waals surface area contributed by atoms with Gasteiger partial charge in [-0.25, -0.2) is 0 Å². The molecule has 0 bridgehead atoms. The normalized spacial score (nSPS) is 11.6. The molecule has 0 fully saturated rings. The number of ketones is 1. The molecule has 1 atom stereocenters. The molecule has 2 aromatic rings. The van der Waals surface area contributed by atoms with Crippen LogP contribution in [0.1, 0.15) is 28.4 Å². The summed E-state index contributed by atoms with van der Waals surface area (Å²) in [5.74, 6) is -0.926. The minimum Gasteiger partial charge on any atom is -0.454 e. The molecule has 0 heterocycles. The maximum absolute atomic E-state index is 12.5. The smallest absolute Gasteiger partial charge is 0.316 e. The Morgan fingerprint density at radius 2 is 1.75 bits per heavy atom. The van der Waals surface area contributed by atoms with Gasteiger partial charge in [0, 0.05) is 16.3 Å². The van der Waals surface area contributed by atoms with E-state index in [-0.39, 0.29) is 23.2 Å². The Bertz CT molecular complexity index is 867. The standard InChI is InChI=1S/C21H22ClNO4S/c1-13-4-5-14(2)18(10-13)21(26)15(3)27-20(25)12-28-11-19(24)23-17-8-6-16(22)7-9-17/h4-10,15H,11-12H2,1-3H3,(H,23,24)/t15-/m0/s1. The molecule has 1 amide bonds. The molecule has 148 valence electrons. The zero-order valence-corrected chi connectivity index (χ0v) is 17.5. The maximum atomic E-state index is 12.5. The summed E-state index contributed by atoms with van der Waals surface area (Å²) in [7, 11) is 0. The lowest BCUT2D eigenvalue weighted by atomic mass is 9.99. The molecule has 28 heavy (non-hydrogen) atoms. The van der Waals surface area contributed by atoms with Crippen LogP contribution in [0.3, 0.4) is 0 Å². The van der Waals surface area contributed by atoms with Crippen LogP contribution in [0, 0.1) is 13.8 Å². The first-order valence-corrected chi connectivity index (χ1v) is 10.2. The fourth-order valence-electron chi connectivity index (χ4n) is 2.46. The fourth-order valence-corrected chi connectivity index (χ4v) is 3.18. The molecule has 0 saturated heterocycles. The molecule has 0 unspecified atom stereocenters. The third kappa shape index (κ3) is 6.69. The van der Waals surface area contributed by atoms with E-state index in [0.717, 1.165) is 22.9 Å². The van der Waals surface area contributed by atoms with Crippen molar-refractivity contribution in [2.24, 2.45) is 0 Å². The molecule has 7 heteroatoms. The number of esters is 1. The monoisotopic (exact) mass is 419 g/mol. The van der Waals surface area contributed by atoms with E-state index in [1.54, 1.807) is 37.3 Å². The van der Waals surface area contributed by atoms with Crippen molar-refractivity contribution in [2.45, 2.75) is 26.9 Å². The highest BCUT2D eigenvalue weighted by molar-refractivity contribution is 8.00. The number of Topliss-reactive ketones (excluding diaryl/α,β-unsaturated/α-hetero) is 1. The average molecular weight is 420 g/mol. The zero-order chi connectivity index (χ0) is 20.7. The second-order valence-electron chi connectivity index (χ2n) is 6.36. The first-order valence-electron chi connectivity index (χ1n) is 8.70. The molecule has 0 aromatic heterocycles. The Morgan fingerprint density at radius 3 is 2.43 bits per heavy atom. The van der Waals surface area contributed by atoms with Gasteiger partial charge in [-0.1, -0.05) is 29.3 Å². The molecule has 2 aromatic carbocycles. The fraction of sp³-hybridized carbons (Fsp3) is 0.286. The van der Waals surface area contributed by atoms with E-state index in [1.807, 2.05) is 26.0 Å². The molecule has 1 N–H and O–H groups in total. The van der Waals surface area contributed by atoms with Crippen LogP contribution in [0.2, 0.25) is 5.02 Å². The van der Waals surface area contributed by atoms with Crippen molar-refractivity contribution in [1.29, 1.82) is 0 Å². The predicted octanol–water partition coefficient (Wildman–Crippen LogP) is 4.44. The van der Waals surface area contributed by atoms with Gasteiger partial charge in [0.25, 0.3) is 0 Å². The van der Waals surface area contributed by atoms with E-state index >= 15 is 0 Å². The van der Waals surface area contributed by atoms with Crippen molar-refractivity contribution in [2.75, 3.05) is 16.8 Å². The van der Waals surface area contributed by atoms with Crippen molar-refractivity contribution < 1.29 is 19.1 Å². The molecule has 2 rings (SSSR count). The van der Waals surface area contributed by atoms with E-state index < -0.39 is 12.1 Å². The van der Waals surface area contributed by atoms with Gasteiger partial charge >= 0.3 is 5.97 Å². The topological polar surface area (TPSA) is 72.5 Å². The Kier molecular flexibility index (Phi) is 8.08. The lowest BCUT2D eigenvalue weighted by Crippen LogP contribution is -2.26. The molecular formula is C21H22ClNO4S. The summed E-state index contributed by atoms with van der Waals surface area (Å²) >= 11 is 6.92. The number of rotatable bonds is 8. The van der Waals surface area contributed by atoms with E-state index in [0.29, 0.717) is 16.3 Å². The number of ether oxygens (including phenoxy) is 1. The third-order valence-corrected chi connectivity index (χ3v) is 5.08. The first kappa shape index (κ1) is 22.0. The van der Waals surface area contributed by atoms with Gasteiger partial charge in [0.15, 0.2) is 6.10 Å². The number of anilines is 1. The number of halogens is 1. The molecule has 0 saturated carbocycles. The third-order valence-electron chi connectivity index (χ3n) is 3.92. The number of hydrogen-bond donors (Lipinski definition) is 1. The van der Waals surface area contributed by atoms with Gasteiger partial charge in [-0.15, -0.1) is 11.8 Å². The van der Waals surface area contributed by atoms with Crippen LogP contribution >= 0.6 is 23.4 Å². The zero-order valence-electron chi connectivity index (χ0n) is 16.0. The first-order chi connectivity index (χ1) is 13.3. The minimum absolute atomic E-state index is 0.0154. The van der Waals surface area contributed by atoms with Crippen LogP contribution in [0.5, 0.6) is 0 Å². The number of carbonyl (C=O) groups is 3. The Balaban J connectivity index is 1.77. The highest BCUT2D eigenvalue weighted by Crippen LogP contribution is 2.16. The van der Waals surface area contributed by atoms with Gasteiger partial charge in [0.2, 0.25) is 11.7 Å². The SMILES string of the molecule is Cc1ccc(C)c(C(=O)[C@H](C)OC(=O)CSCC(=O)Nc2ccc(Cl)cc2)c1. The lowest BCUT2D eigenvalue weighted by molar-refractivity contribution is -0.143. The summed E-state index contributed by atoms with van der Waals surface area (Å²) in [6, 6.07) is 12.3. The Morgan fingerprint density at radius 1 is 1.07 bits per heavy atom. The number of carbonyl (C=O) groups excluding carboxylic acids is 3. The number of thioether (sulfide) groups is 1. The summed E-state index contributed by atoms with van der Waals surface area (Å²) in [6.45, 7) is 5.30. The Labute approximate surface area is 173 Å². The van der Waals surface area contributed by atoms with E-state index in [2.05, 4.69) is 5.32 Å². The van der Waals surface area contributed by atoms with Crippen molar-refractivity contribution in [1.82, 2.24) is 0 Å². The summed E-state index contributed by atoms with van der Waals surface area (Å²) in [5, 5.41) is 3.29. The second kappa shape index (κ2) is 10.3. The van der Waals surface area contributed by atoms with Gasteiger partial charge < -0.3 is 10.1 Å². The molecule has 0 aliphatic rings. The largest absolute Gasteiger partial charge is 0.454 e. The van der Waals surface area contributed by atoms with Crippen LogP contribution < -0.4 is 5.32 Å². The summed E-state index contributed by atoms with van der Waals surface area (Å²) in [5.41, 5.74) is 2.99. The van der Waals surface area contributed by atoms with Crippen LogP contribution in [0.15, 0.2) is 42.5 Å². The lowest BCUT2D eigenvalue weighted by Gasteiger charge is -2.14. The molecule has 0 aliphatic carbocycles. The molecule has 0 radical (unpaired) electrons. The second-order valence-corrected chi connectivity index (χ2v) is 7.78. The summed E-state index contributed by atoms with van der Waals surface area (Å²) < 4.78 is 5.22. The molecule has 0 spiro atoms. The number of hydrogen-bond acceptors (Lipinski definition) is 5. The van der Waals surface area contributed by atoms with Gasteiger partial charge in [0.1, 0.15) is 0 Å². The van der Waals surface area contributed by atoms with Crippen LogP contribution in [0.4, 0.5) is 5.69 Å². The molecule has 0 aliphatic heterocycles. The van der Waals surface area contributed by atoms with Crippen LogP contribution in [0.25, 0.3) is 0 Å². The van der Waals surface area contributed by atoms with Crippen molar-refractivity contribution in [3.8, 4) is 0 Å². The van der Waals surface area contributed by atoms with Crippen molar-refractivity contribution in [3.63, 3.8) is 0 Å². The average Bonchev–Trinajstić information content (AvgIpc) is 2.65. The quantitative estimate of drug-likeness (QED) is 0.505. The summed E-state index contributed by atoms with van der Waals surface area (Å²) in [6.07, 6.45) is -0.878. The van der Waals surface area contributed by atoms with E-state index in [1.165, 1.54) is 0 Å². The van der Waals surface area contributed by atoms with Crippen molar-refractivity contribution in [3.05, 3.63) is 64.2 Å². The molecule has 5 nitrogen and oxygen atoms in total. The highest BCUT2D eigenvalue weighted by atomic mass is 35.5. The van der Waals surface area contributed by atoms with E-state index in [4.69, 9.17) is 16.3 Å². The maximum Gasteiger partial charge on any atom is 0.316 e. The van der Waals surface area contributed by atoms with Gasteiger partial charge in [-0.3, -0.25) is 14.4 Å². The number of aryl methyl sites for hydroxylation is 2. The minimum atomic E-state index is -0.878. The van der Waals surface area contributed by atoms with Crippen LogP contribution in [-0.2, 0) is 14.3 Å². The molecular weight excluding hydrogens is 398 g/mol. The van der Waals surface area contributed by atoms with Gasteiger partial charge in [-0.2, -0.15) is 0 Å². The summed E-state index contributed by atoms with van der Waals surface area (Å²) in [4.78, 5) is 36.4.